The summed E-state index contributed by atoms with van der Waals surface area (Å²) in [5.74, 6) is -1.15. The van der Waals surface area contributed by atoms with Crippen molar-refractivity contribution in [2.75, 3.05) is 32.2 Å². The number of nitrogens with one attached hydrogen (secondary N) is 2. The lowest BCUT2D eigenvalue weighted by atomic mass is 9.90. The van der Waals surface area contributed by atoms with Gasteiger partial charge in [-0.3, -0.25) is 9.59 Å². The molecule has 0 aromatic heterocycles. The molecule has 9 nitrogen and oxygen atoms in total. The number of hydrogen-bond donors (Lipinski definition) is 7. The number of nitrogen functional groups attached to an aromatic ring is 1. The molecule has 0 aliphatic rings. The van der Waals surface area contributed by atoms with Gasteiger partial charge in [0.2, 0.25) is 0 Å². The highest BCUT2D eigenvalue weighted by molar-refractivity contribution is 6.06. The zero-order chi connectivity index (χ0) is 22.0. The Balaban J connectivity index is 0.00000352. The Bertz CT molecular complexity index is 617. The zero-order valence-corrected chi connectivity index (χ0v) is 17.2. The monoisotopic (exact) mass is 399 g/mol. The van der Waals surface area contributed by atoms with E-state index in [1.807, 2.05) is 13.8 Å². The van der Waals surface area contributed by atoms with Gasteiger partial charge in [0.05, 0.1) is 38.5 Å². The van der Waals surface area contributed by atoms with Gasteiger partial charge in [0.15, 0.2) is 0 Å². The number of nitrogens with two attached hydrogens (primary N) is 1. The van der Waals surface area contributed by atoms with Gasteiger partial charge in [-0.2, -0.15) is 0 Å². The molecule has 0 saturated heterocycles. The predicted molar refractivity (Wildman–Crippen MR) is 107 cm³/mol. The summed E-state index contributed by atoms with van der Waals surface area (Å²) in [6.45, 7) is 7.11. The van der Waals surface area contributed by atoms with Crippen LogP contribution in [0.15, 0.2) is 0 Å². The molecule has 1 rings (SSSR count). The van der Waals surface area contributed by atoms with Gasteiger partial charge in [0.25, 0.3) is 11.8 Å². The summed E-state index contributed by atoms with van der Waals surface area (Å²) in [6.07, 6.45) is 0. The summed E-state index contributed by atoms with van der Waals surface area (Å²) in [5.41, 5.74) is 8.00. The van der Waals surface area contributed by atoms with E-state index < -0.39 is 50.3 Å². The van der Waals surface area contributed by atoms with Crippen LogP contribution in [0, 0.1) is 20.8 Å². The molecule has 0 radical (unpaired) electrons. The van der Waals surface area contributed by atoms with Crippen molar-refractivity contribution >= 4 is 17.5 Å². The molecule has 2 amide bonds. The zero-order valence-electron chi connectivity index (χ0n) is 17.2. The molecule has 0 saturated carbocycles. The fourth-order valence-corrected chi connectivity index (χ4v) is 2.73. The normalized spacial score (nSPS) is 10.5. The quantitative estimate of drug-likeness (QED) is 0.286. The maximum Gasteiger partial charge on any atom is 0.252 e. The minimum atomic E-state index is -0.839. The number of anilines is 1. The minimum absolute atomic E-state index is 0.176. The summed E-state index contributed by atoms with van der Waals surface area (Å²) in [5, 5.41) is 41.5. The Morgan fingerprint density at radius 3 is 1.29 bits per heavy atom. The van der Waals surface area contributed by atoms with E-state index in [9.17, 15) is 9.59 Å². The molecule has 0 unspecified atom stereocenters. The number of hydrogen-bond acceptors (Lipinski definition) is 7. The van der Waals surface area contributed by atoms with Gasteiger partial charge in [0.1, 0.15) is 0 Å². The third-order valence-corrected chi connectivity index (χ3v) is 4.31. The Labute approximate surface area is 165 Å². The van der Waals surface area contributed by atoms with Gasteiger partial charge in [-0.1, -0.05) is 13.8 Å². The predicted octanol–water partition coefficient (Wildman–Crippen LogP) is -0.614. The van der Waals surface area contributed by atoms with Gasteiger partial charge in [-0.25, -0.2) is 0 Å². The van der Waals surface area contributed by atoms with E-state index in [1.165, 1.54) is 0 Å². The highest BCUT2D eigenvalue weighted by Gasteiger charge is 2.26. The largest absolute Gasteiger partial charge is 0.398 e. The molecule has 0 heterocycles. The molecule has 0 aliphatic heterocycles. The summed E-state index contributed by atoms with van der Waals surface area (Å²) in [4.78, 5) is 25.2. The van der Waals surface area contributed by atoms with Crippen molar-refractivity contribution in [2.45, 2.75) is 46.7 Å². The standard InChI is InChI=1S/C17H27N3O6.C2H6/c1-8-13(16(25)19-11(4-21)5-22)9(2)15(18)10(3)14(8)17(26)20-12(6-23)7-24;1-2/h11-12,21-24H,4-7,18H2,1-3H3,(H,19,25)(H,20,26);1-2H3. The van der Waals surface area contributed by atoms with Crippen LogP contribution < -0.4 is 16.4 Å². The van der Waals surface area contributed by atoms with E-state index in [0.717, 1.165) is 0 Å². The Kier molecular flexibility index (Phi) is 11.3. The van der Waals surface area contributed by atoms with E-state index in [0.29, 0.717) is 16.7 Å². The Morgan fingerprint density at radius 2 is 1.04 bits per heavy atom. The van der Waals surface area contributed by atoms with Gasteiger partial charge in [0, 0.05) is 16.8 Å². The maximum atomic E-state index is 12.6. The lowest BCUT2D eigenvalue weighted by Gasteiger charge is -2.22. The van der Waals surface area contributed by atoms with E-state index in [4.69, 9.17) is 26.2 Å². The number of aliphatic hydroxyl groups is 4. The highest BCUT2D eigenvalue weighted by atomic mass is 16.3. The lowest BCUT2D eigenvalue weighted by Crippen LogP contribution is -2.42. The average molecular weight is 399 g/mol. The first-order valence-electron chi connectivity index (χ1n) is 9.17. The molecular weight excluding hydrogens is 366 g/mol. The summed E-state index contributed by atoms with van der Waals surface area (Å²) < 4.78 is 0. The van der Waals surface area contributed by atoms with Crippen molar-refractivity contribution in [3.05, 3.63) is 27.8 Å². The number of amides is 2. The molecule has 9 heteroatoms. The highest BCUT2D eigenvalue weighted by Crippen LogP contribution is 2.29. The minimum Gasteiger partial charge on any atom is -0.398 e. The molecule has 0 bridgehead atoms. The van der Waals surface area contributed by atoms with Crippen LogP contribution in [0.5, 0.6) is 0 Å². The molecule has 160 valence electrons. The number of carbonyl (C=O) groups is 2. The van der Waals surface area contributed by atoms with Crippen LogP contribution in [0.4, 0.5) is 5.69 Å². The van der Waals surface area contributed by atoms with Crippen LogP contribution in [-0.2, 0) is 0 Å². The first-order valence-corrected chi connectivity index (χ1v) is 9.17. The van der Waals surface area contributed by atoms with E-state index >= 15 is 0 Å². The molecular formula is C19H33N3O6. The van der Waals surface area contributed by atoms with Crippen molar-refractivity contribution in [3.63, 3.8) is 0 Å². The van der Waals surface area contributed by atoms with Crippen LogP contribution in [-0.4, -0.2) is 70.8 Å². The first-order chi connectivity index (χ1) is 13.2. The molecule has 0 atom stereocenters. The summed E-state index contributed by atoms with van der Waals surface area (Å²) >= 11 is 0. The maximum absolute atomic E-state index is 12.6. The summed E-state index contributed by atoms with van der Waals surface area (Å²) in [7, 11) is 0. The smallest absolute Gasteiger partial charge is 0.252 e. The second-order valence-corrected chi connectivity index (χ2v) is 6.11. The number of rotatable bonds is 8. The molecule has 1 aromatic rings. The lowest BCUT2D eigenvalue weighted by molar-refractivity contribution is 0.0875. The van der Waals surface area contributed by atoms with Gasteiger partial charge >= 0.3 is 0 Å². The van der Waals surface area contributed by atoms with Crippen LogP contribution in [0.2, 0.25) is 0 Å². The Morgan fingerprint density at radius 1 is 0.750 bits per heavy atom. The molecule has 0 fully saturated rings. The Hall–Kier alpha value is -2.20. The van der Waals surface area contributed by atoms with Crippen LogP contribution >= 0.6 is 0 Å². The van der Waals surface area contributed by atoms with Gasteiger partial charge < -0.3 is 36.8 Å². The van der Waals surface area contributed by atoms with Crippen LogP contribution in [0.1, 0.15) is 51.3 Å². The van der Waals surface area contributed by atoms with Gasteiger partial charge in [-0.05, 0) is 37.5 Å². The van der Waals surface area contributed by atoms with E-state index in [-0.39, 0.29) is 16.8 Å². The van der Waals surface area contributed by atoms with Crippen molar-refractivity contribution in [1.29, 1.82) is 0 Å². The first kappa shape index (κ1) is 25.8. The van der Waals surface area contributed by atoms with Crippen molar-refractivity contribution in [3.8, 4) is 0 Å². The number of carbonyl (C=O) groups excluding carboxylic acids is 2. The molecule has 0 spiro atoms. The van der Waals surface area contributed by atoms with Crippen LogP contribution in [0.3, 0.4) is 0 Å². The molecule has 1 aromatic carbocycles. The topological polar surface area (TPSA) is 165 Å². The fraction of sp³-hybridized carbons (Fsp3) is 0.579. The third kappa shape index (κ3) is 5.90. The van der Waals surface area contributed by atoms with Gasteiger partial charge in [-0.15, -0.1) is 0 Å². The average Bonchev–Trinajstić information content (AvgIpc) is 2.70. The SMILES string of the molecule is CC.Cc1c(N)c(C)c(C(=O)NC(CO)CO)c(C)c1C(=O)NC(CO)CO. The van der Waals surface area contributed by atoms with Crippen LogP contribution in [0.25, 0.3) is 0 Å². The van der Waals surface area contributed by atoms with E-state index in [2.05, 4.69) is 10.6 Å². The number of aliphatic hydroxyl groups excluding tert-OH is 4. The molecule has 8 N–H and O–H groups in total. The fourth-order valence-electron chi connectivity index (χ4n) is 2.73. The third-order valence-electron chi connectivity index (χ3n) is 4.31. The second kappa shape index (κ2) is 12.3. The summed E-state index contributed by atoms with van der Waals surface area (Å²) in [6, 6.07) is -1.68. The van der Waals surface area contributed by atoms with E-state index in [1.54, 1.807) is 20.8 Å². The molecule has 0 aliphatic carbocycles. The van der Waals surface area contributed by atoms with Crippen molar-refractivity contribution < 1.29 is 30.0 Å². The van der Waals surface area contributed by atoms with Crippen molar-refractivity contribution in [1.82, 2.24) is 10.6 Å². The van der Waals surface area contributed by atoms with Crippen molar-refractivity contribution in [2.24, 2.45) is 0 Å². The second-order valence-electron chi connectivity index (χ2n) is 6.11. The molecule has 28 heavy (non-hydrogen) atoms. The number of benzene rings is 1.